The van der Waals surface area contributed by atoms with E-state index in [4.69, 9.17) is 5.73 Å². The van der Waals surface area contributed by atoms with Crippen LogP contribution in [0.15, 0.2) is 55.6 Å². The van der Waals surface area contributed by atoms with Crippen LogP contribution in [0.1, 0.15) is 5.56 Å². The predicted molar refractivity (Wildman–Crippen MR) is 81.6 cm³/mol. The number of halogens is 2. The summed E-state index contributed by atoms with van der Waals surface area (Å²) >= 11 is 6.75. The molecule has 0 aliphatic heterocycles. The van der Waals surface area contributed by atoms with Gasteiger partial charge in [0.25, 0.3) is 0 Å². The van der Waals surface area contributed by atoms with E-state index >= 15 is 0 Å². The lowest BCUT2D eigenvalue weighted by atomic mass is 10.2. The molecule has 0 saturated carbocycles. The van der Waals surface area contributed by atoms with Crippen molar-refractivity contribution in [2.45, 2.75) is 6.92 Å². The zero-order chi connectivity index (χ0) is 13.1. The Kier molecular flexibility index (Phi) is 4.14. The summed E-state index contributed by atoms with van der Waals surface area (Å²) in [6, 6.07) is 11.5. The molecule has 2 aromatic carbocycles. The topological polar surface area (TPSA) is 50.7 Å². The number of nitrogen functional groups attached to an aromatic ring is 1. The third kappa shape index (κ3) is 3.17. The lowest BCUT2D eigenvalue weighted by Gasteiger charge is -2.02. The summed E-state index contributed by atoms with van der Waals surface area (Å²) in [6.07, 6.45) is 0. The Bertz CT molecular complexity index is 569. The molecule has 0 saturated heterocycles. The molecule has 0 radical (unpaired) electrons. The van der Waals surface area contributed by atoms with Gasteiger partial charge in [0.05, 0.1) is 17.1 Å². The number of azo groups is 1. The van der Waals surface area contributed by atoms with E-state index in [1.807, 2.05) is 43.3 Å². The summed E-state index contributed by atoms with van der Waals surface area (Å²) in [5.74, 6) is 0. The molecule has 2 N–H and O–H groups in total. The largest absolute Gasteiger partial charge is 0.397 e. The number of aryl methyl sites for hydroxylation is 1. The molecule has 0 heterocycles. The number of anilines is 1. The van der Waals surface area contributed by atoms with E-state index < -0.39 is 0 Å². The lowest BCUT2D eigenvalue weighted by molar-refractivity contribution is 1.22. The van der Waals surface area contributed by atoms with Crippen molar-refractivity contribution < 1.29 is 0 Å². The number of hydrogen-bond donors (Lipinski definition) is 1. The van der Waals surface area contributed by atoms with Crippen LogP contribution in [0.3, 0.4) is 0 Å². The van der Waals surface area contributed by atoms with Gasteiger partial charge in [-0.1, -0.05) is 17.7 Å². The SMILES string of the molecule is Cc1ccc(N=Nc2cc(Br)c(N)c(Br)c2)cc1. The minimum Gasteiger partial charge on any atom is -0.397 e. The molecule has 0 aromatic heterocycles. The second-order valence-electron chi connectivity index (χ2n) is 3.86. The van der Waals surface area contributed by atoms with E-state index in [1.54, 1.807) is 0 Å². The van der Waals surface area contributed by atoms with Crippen LogP contribution in [0.2, 0.25) is 0 Å². The van der Waals surface area contributed by atoms with Crippen LogP contribution in [0.4, 0.5) is 17.1 Å². The average Bonchev–Trinajstić information content (AvgIpc) is 2.35. The molecule has 0 aliphatic rings. The van der Waals surface area contributed by atoms with Crippen molar-refractivity contribution in [3.63, 3.8) is 0 Å². The van der Waals surface area contributed by atoms with E-state index in [9.17, 15) is 0 Å². The number of rotatable bonds is 2. The fourth-order valence-corrected chi connectivity index (χ4v) is 2.52. The molecule has 0 amide bonds. The molecule has 2 aromatic rings. The molecule has 5 heteroatoms. The molecule has 0 bridgehead atoms. The summed E-state index contributed by atoms with van der Waals surface area (Å²) in [7, 11) is 0. The van der Waals surface area contributed by atoms with Crippen LogP contribution < -0.4 is 5.73 Å². The first-order valence-corrected chi connectivity index (χ1v) is 6.88. The van der Waals surface area contributed by atoms with E-state index in [1.165, 1.54) is 5.56 Å². The molecule has 3 nitrogen and oxygen atoms in total. The molecular weight excluding hydrogens is 358 g/mol. The average molecular weight is 369 g/mol. The Balaban J connectivity index is 2.26. The molecular formula is C13H11Br2N3. The first-order chi connectivity index (χ1) is 8.56. The van der Waals surface area contributed by atoms with Crippen LogP contribution in [0.5, 0.6) is 0 Å². The third-order valence-corrected chi connectivity index (χ3v) is 3.69. The molecule has 2 rings (SSSR count). The number of nitrogens with zero attached hydrogens (tertiary/aromatic N) is 2. The van der Waals surface area contributed by atoms with E-state index in [-0.39, 0.29) is 0 Å². The van der Waals surface area contributed by atoms with Crippen molar-refractivity contribution in [3.8, 4) is 0 Å². The summed E-state index contributed by atoms with van der Waals surface area (Å²) in [6.45, 7) is 2.04. The predicted octanol–water partition coefficient (Wildman–Crippen LogP) is 5.52. The highest BCUT2D eigenvalue weighted by Gasteiger charge is 2.03. The Morgan fingerprint density at radius 3 is 1.94 bits per heavy atom. The highest BCUT2D eigenvalue weighted by molar-refractivity contribution is 9.11. The second-order valence-corrected chi connectivity index (χ2v) is 5.57. The van der Waals surface area contributed by atoms with E-state index in [0.29, 0.717) is 5.69 Å². The van der Waals surface area contributed by atoms with Gasteiger partial charge in [-0.2, -0.15) is 10.2 Å². The fraction of sp³-hybridized carbons (Fsp3) is 0.0769. The minimum absolute atomic E-state index is 0.657. The highest BCUT2D eigenvalue weighted by Crippen LogP contribution is 2.33. The zero-order valence-electron chi connectivity index (χ0n) is 9.69. The zero-order valence-corrected chi connectivity index (χ0v) is 12.9. The smallest absolute Gasteiger partial charge is 0.0881 e. The lowest BCUT2D eigenvalue weighted by Crippen LogP contribution is -1.87. The highest BCUT2D eigenvalue weighted by atomic mass is 79.9. The number of hydrogen-bond acceptors (Lipinski definition) is 3. The quantitative estimate of drug-likeness (QED) is 0.550. The molecule has 0 unspecified atom stereocenters. The van der Waals surface area contributed by atoms with Gasteiger partial charge in [-0.15, -0.1) is 0 Å². The van der Waals surface area contributed by atoms with Gasteiger partial charge < -0.3 is 5.73 Å². The maximum atomic E-state index is 5.81. The maximum Gasteiger partial charge on any atom is 0.0881 e. The van der Waals surface area contributed by atoms with Gasteiger partial charge in [0.15, 0.2) is 0 Å². The Labute approximate surface area is 122 Å². The summed E-state index contributed by atoms with van der Waals surface area (Å²) in [5.41, 5.74) is 9.23. The van der Waals surface area contributed by atoms with E-state index in [2.05, 4.69) is 42.1 Å². The number of nitrogens with two attached hydrogens (primary N) is 1. The monoisotopic (exact) mass is 367 g/mol. The van der Waals surface area contributed by atoms with Gasteiger partial charge in [-0.3, -0.25) is 0 Å². The standard InChI is InChI=1S/C13H11Br2N3/c1-8-2-4-9(5-3-8)17-18-10-6-11(14)13(16)12(15)7-10/h2-7H,16H2,1H3. The van der Waals surface area contributed by atoms with Crippen molar-refractivity contribution in [1.82, 2.24) is 0 Å². The van der Waals surface area contributed by atoms with Gasteiger partial charge in [-0.05, 0) is 63.0 Å². The van der Waals surface area contributed by atoms with Gasteiger partial charge in [0, 0.05) is 8.95 Å². The first kappa shape index (κ1) is 13.2. The minimum atomic E-state index is 0.657. The van der Waals surface area contributed by atoms with Crippen LogP contribution in [0.25, 0.3) is 0 Å². The van der Waals surface area contributed by atoms with Gasteiger partial charge in [0.1, 0.15) is 0 Å². The van der Waals surface area contributed by atoms with Crippen LogP contribution in [0, 0.1) is 6.92 Å². The Morgan fingerprint density at radius 1 is 0.889 bits per heavy atom. The van der Waals surface area contributed by atoms with Crippen molar-refractivity contribution in [2.24, 2.45) is 10.2 Å². The third-order valence-electron chi connectivity index (χ3n) is 2.38. The van der Waals surface area contributed by atoms with Crippen LogP contribution in [-0.4, -0.2) is 0 Å². The van der Waals surface area contributed by atoms with Crippen molar-refractivity contribution in [1.29, 1.82) is 0 Å². The first-order valence-electron chi connectivity index (χ1n) is 5.29. The number of benzene rings is 2. The van der Waals surface area contributed by atoms with Crippen LogP contribution in [-0.2, 0) is 0 Å². The van der Waals surface area contributed by atoms with Crippen molar-refractivity contribution in [2.75, 3.05) is 5.73 Å². The van der Waals surface area contributed by atoms with Crippen molar-refractivity contribution in [3.05, 3.63) is 50.9 Å². The fourth-order valence-electron chi connectivity index (χ4n) is 1.36. The normalized spacial score (nSPS) is 11.1. The van der Waals surface area contributed by atoms with Gasteiger partial charge in [-0.25, -0.2) is 0 Å². The molecule has 18 heavy (non-hydrogen) atoms. The van der Waals surface area contributed by atoms with Gasteiger partial charge in [0.2, 0.25) is 0 Å². The molecule has 92 valence electrons. The van der Waals surface area contributed by atoms with Crippen LogP contribution >= 0.6 is 31.9 Å². The summed E-state index contributed by atoms with van der Waals surface area (Å²) < 4.78 is 1.60. The molecule has 0 aliphatic carbocycles. The second kappa shape index (κ2) is 5.63. The van der Waals surface area contributed by atoms with Gasteiger partial charge >= 0.3 is 0 Å². The summed E-state index contributed by atoms with van der Waals surface area (Å²) in [5, 5.41) is 8.35. The Hall–Kier alpha value is -1.20. The molecule has 0 spiro atoms. The molecule has 0 atom stereocenters. The maximum absolute atomic E-state index is 5.81. The van der Waals surface area contributed by atoms with Crippen molar-refractivity contribution >= 4 is 48.9 Å². The van der Waals surface area contributed by atoms with E-state index in [0.717, 1.165) is 20.3 Å². The summed E-state index contributed by atoms with van der Waals surface area (Å²) in [4.78, 5) is 0. The Morgan fingerprint density at radius 2 is 1.39 bits per heavy atom. The molecule has 0 fully saturated rings.